The van der Waals surface area contributed by atoms with Gasteiger partial charge < -0.3 is 20.1 Å². The summed E-state index contributed by atoms with van der Waals surface area (Å²) in [5.41, 5.74) is 1.81. The number of aromatic nitrogens is 4. The Bertz CT molecular complexity index is 2180. The molecular formula is C37H38F3N9O3. The highest BCUT2D eigenvalue weighted by atomic mass is 19.4. The van der Waals surface area contributed by atoms with Crippen LogP contribution in [-0.2, 0) is 18.1 Å². The van der Waals surface area contributed by atoms with E-state index in [1.54, 1.807) is 30.3 Å². The number of alkyl halides is 3. The minimum absolute atomic E-state index is 0.0400. The van der Waals surface area contributed by atoms with Crippen LogP contribution in [0.25, 0.3) is 5.65 Å². The number of carbonyl (C=O) groups excluding carboxylic acids is 2. The number of amides is 3. The van der Waals surface area contributed by atoms with Gasteiger partial charge in [0.1, 0.15) is 11.5 Å². The maximum absolute atomic E-state index is 14.1. The van der Waals surface area contributed by atoms with Crippen LogP contribution in [0.3, 0.4) is 0 Å². The minimum Gasteiger partial charge on any atom is -0.359 e. The number of piperazine rings is 1. The zero-order valence-electron chi connectivity index (χ0n) is 29.4. The van der Waals surface area contributed by atoms with Crippen molar-refractivity contribution >= 4 is 34.8 Å². The fraction of sp³-hybridized carbons (Fsp3) is 0.324. The molecule has 1 aliphatic heterocycles. The number of rotatable bonds is 6. The van der Waals surface area contributed by atoms with Crippen LogP contribution in [0, 0.1) is 18.8 Å². The lowest BCUT2D eigenvalue weighted by molar-refractivity contribution is -0.138. The van der Waals surface area contributed by atoms with Gasteiger partial charge in [-0.25, -0.2) is 14.3 Å². The molecule has 15 heteroatoms. The molecule has 0 bridgehead atoms. The molecule has 1 aliphatic rings. The summed E-state index contributed by atoms with van der Waals surface area (Å²) >= 11 is 0. The summed E-state index contributed by atoms with van der Waals surface area (Å²) in [5, 5.41) is 16.2. The van der Waals surface area contributed by atoms with Crippen LogP contribution in [0.15, 0.2) is 65.4 Å². The van der Waals surface area contributed by atoms with Crippen molar-refractivity contribution in [2.45, 2.75) is 45.8 Å². The lowest BCUT2D eigenvalue weighted by Gasteiger charge is -2.33. The molecule has 4 heterocycles. The fourth-order valence-electron chi connectivity index (χ4n) is 5.57. The van der Waals surface area contributed by atoms with E-state index in [0.717, 1.165) is 24.7 Å². The largest absolute Gasteiger partial charge is 0.416 e. The van der Waals surface area contributed by atoms with Crippen molar-refractivity contribution in [3.05, 3.63) is 100 Å². The fourth-order valence-corrected chi connectivity index (χ4v) is 5.57. The lowest BCUT2D eigenvalue weighted by atomic mass is 9.93. The number of likely N-dealkylation sites (N-methyl/N-ethyl adjacent to an activating group) is 1. The number of halogens is 3. The Balaban J connectivity index is 1.16. The molecule has 2 aromatic carbocycles. The second-order valence-corrected chi connectivity index (χ2v) is 13.7. The molecule has 0 radical (unpaired) electrons. The molecule has 52 heavy (non-hydrogen) atoms. The molecule has 0 aliphatic carbocycles. The number of benzene rings is 2. The first kappa shape index (κ1) is 36.1. The summed E-state index contributed by atoms with van der Waals surface area (Å²) in [7, 11) is 1.99. The van der Waals surface area contributed by atoms with Gasteiger partial charge in [0.05, 0.1) is 23.6 Å². The molecule has 1 fully saturated rings. The SMILES string of the molecule is Cc1ccc(C(=O)Nc2ccc(CN3CCN(C)CC3)c(C(F)(F)F)c2)cc1C#Cc1cnc2c(NC(=O)Nc3cc(C(C)(C)C)on3)ccnn12. The number of imidazole rings is 1. The predicted octanol–water partition coefficient (Wildman–Crippen LogP) is 6.39. The van der Waals surface area contributed by atoms with Crippen molar-refractivity contribution in [1.82, 2.24) is 29.6 Å². The van der Waals surface area contributed by atoms with Gasteiger partial charge in [0.15, 0.2) is 11.5 Å². The number of anilines is 3. The van der Waals surface area contributed by atoms with E-state index in [-0.39, 0.29) is 34.6 Å². The van der Waals surface area contributed by atoms with Crippen molar-refractivity contribution in [2.75, 3.05) is 49.2 Å². The molecule has 0 unspecified atom stereocenters. The Labute approximate surface area is 298 Å². The summed E-state index contributed by atoms with van der Waals surface area (Å²) in [6.45, 7) is 10.8. The molecule has 6 rings (SSSR count). The van der Waals surface area contributed by atoms with Gasteiger partial charge in [-0.15, -0.1) is 0 Å². The number of nitrogens with zero attached hydrogens (tertiary/aromatic N) is 6. The first-order valence-corrected chi connectivity index (χ1v) is 16.6. The normalized spacial score (nSPS) is 14.2. The number of urea groups is 1. The number of hydrogen-bond acceptors (Lipinski definition) is 8. The number of hydrogen-bond donors (Lipinski definition) is 3. The lowest BCUT2D eigenvalue weighted by Crippen LogP contribution is -2.44. The van der Waals surface area contributed by atoms with Gasteiger partial charge in [-0.3, -0.25) is 15.0 Å². The second kappa shape index (κ2) is 14.5. The third kappa shape index (κ3) is 8.42. The van der Waals surface area contributed by atoms with E-state index in [1.165, 1.54) is 29.0 Å². The number of nitrogens with one attached hydrogen (secondary N) is 3. The maximum atomic E-state index is 14.1. The van der Waals surface area contributed by atoms with Crippen LogP contribution in [0.5, 0.6) is 0 Å². The Morgan fingerprint density at radius 2 is 1.71 bits per heavy atom. The number of carbonyl (C=O) groups is 2. The zero-order valence-corrected chi connectivity index (χ0v) is 29.4. The summed E-state index contributed by atoms with van der Waals surface area (Å²) in [6, 6.07) is 11.5. The van der Waals surface area contributed by atoms with Crippen molar-refractivity contribution < 1.29 is 27.3 Å². The maximum Gasteiger partial charge on any atom is 0.416 e. The van der Waals surface area contributed by atoms with E-state index in [2.05, 4.69) is 47.9 Å². The van der Waals surface area contributed by atoms with Crippen LogP contribution < -0.4 is 16.0 Å². The highest BCUT2D eigenvalue weighted by Crippen LogP contribution is 2.35. The van der Waals surface area contributed by atoms with Gasteiger partial charge in [0.2, 0.25) is 0 Å². The average Bonchev–Trinajstić information content (AvgIpc) is 3.73. The van der Waals surface area contributed by atoms with Crippen LogP contribution in [0.4, 0.5) is 35.2 Å². The Kier molecular flexibility index (Phi) is 10.1. The van der Waals surface area contributed by atoms with E-state index in [1.807, 2.05) is 39.6 Å². The highest BCUT2D eigenvalue weighted by molar-refractivity contribution is 6.04. The predicted molar refractivity (Wildman–Crippen MR) is 190 cm³/mol. The topological polar surface area (TPSA) is 133 Å². The standard InChI is InChI=1S/C37H38F3N9O3/c1-23-6-7-25(34(50)43-27-10-8-26(29(19-27)37(38,39)40)22-48-16-14-47(5)15-17-48)18-24(23)9-11-28-21-41-33-30(12-13-42-49(28)33)44-35(51)45-32-20-31(52-46-32)36(2,3)4/h6-8,10,12-13,18-21H,14-17,22H2,1-5H3,(H,43,50)(H2,44,45,46,51). The van der Waals surface area contributed by atoms with E-state index >= 15 is 0 Å². The van der Waals surface area contributed by atoms with Crippen molar-refractivity contribution in [2.24, 2.45) is 0 Å². The summed E-state index contributed by atoms with van der Waals surface area (Å²) in [5.74, 6) is 6.37. The highest BCUT2D eigenvalue weighted by Gasteiger charge is 2.34. The Hall–Kier alpha value is -5.72. The first-order chi connectivity index (χ1) is 24.6. The molecule has 0 spiro atoms. The molecule has 0 saturated carbocycles. The van der Waals surface area contributed by atoms with Crippen molar-refractivity contribution in [3.63, 3.8) is 0 Å². The van der Waals surface area contributed by atoms with Gasteiger partial charge in [0, 0.05) is 61.0 Å². The molecule has 3 N–H and O–H groups in total. The van der Waals surface area contributed by atoms with Crippen molar-refractivity contribution in [3.8, 4) is 11.8 Å². The van der Waals surface area contributed by atoms with E-state index in [0.29, 0.717) is 41.4 Å². The van der Waals surface area contributed by atoms with E-state index in [4.69, 9.17) is 4.52 Å². The second-order valence-electron chi connectivity index (χ2n) is 13.7. The van der Waals surface area contributed by atoms with Gasteiger partial charge in [0.25, 0.3) is 5.91 Å². The number of aryl methyl sites for hydroxylation is 1. The van der Waals surface area contributed by atoms with Crippen LogP contribution in [0.2, 0.25) is 0 Å². The average molecular weight is 714 g/mol. The van der Waals surface area contributed by atoms with Gasteiger partial charge in [-0.1, -0.05) is 44.0 Å². The van der Waals surface area contributed by atoms with E-state index < -0.39 is 23.7 Å². The molecule has 0 atom stereocenters. The molecular weight excluding hydrogens is 675 g/mol. The monoisotopic (exact) mass is 713 g/mol. The molecule has 3 aromatic heterocycles. The van der Waals surface area contributed by atoms with E-state index in [9.17, 15) is 22.8 Å². The number of fused-ring (bicyclic) bond motifs is 1. The first-order valence-electron chi connectivity index (χ1n) is 16.6. The summed E-state index contributed by atoms with van der Waals surface area (Å²) < 4.78 is 49.1. The van der Waals surface area contributed by atoms with Gasteiger partial charge in [-0.05, 0) is 61.4 Å². The van der Waals surface area contributed by atoms with Crippen molar-refractivity contribution in [1.29, 1.82) is 0 Å². The van der Waals surface area contributed by atoms with Gasteiger partial charge in [-0.2, -0.15) is 18.3 Å². The smallest absolute Gasteiger partial charge is 0.359 e. The van der Waals surface area contributed by atoms with Crippen LogP contribution >= 0.6 is 0 Å². The molecule has 1 saturated heterocycles. The zero-order chi connectivity index (χ0) is 37.2. The third-order valence-corrected chi connectivity index (χ3v) is 8.63. The third-order valence-electron chi connectivity index (χ3n) is 8.63. The quantitative estimate of drug-likeness (QED) is 0.173. The molecule has 270 valence electrons. The molecule has 3 amide bonds. The molecule has 12 nitrogen and oxygen atoms in total. The molecule has 5 aromatic rings. The summed E-state index contributed by atoms with van der Waals surface area (Å²) in [6.07, 6.45) is -1.59. The minimum atomic E-state index is -4.58. The summed E-state index contributed by atoms with van der Waals surface area (Å²) in [4.78, 5) is 34.5. The van der Waals surface area contributed by atoms with Crippen LogP contribution in [0.1, 0.15) is 64.8 Å². The Morgan fingerprint density at radius 3 is 2.42 bits per heavy atom. The van der Waals surface area contributed by atoms with Gasteiger partial charge >= 0.3 is 12.2 Å². The Morgan fingerprint density at radius 1 is 0.942 bits per heavy atom. The van der Waals surface area contributed by atoms with Crippen LogP contribution in [-0.4, -0.2) is 74.7 Å².